The van der Waals surface area contributed by atoms with Crippen LogP contribution in [0.3, 0.4) is 0 Å². The summed E-state index contributed by atoms with van der Waals surface area (Å²) >= 11 is 0. The van der Waals surface area contributed by atoms with Crippen LogP contribution in [-0.4, -0.2) is 41.1 Å². The fraction of sp³-hybridized carbons (Fsp3) is 0.875. The number of carbonyl (C=O) groups is 2. The molecule has 0 bridgehead atoms. The SMILES string of the molecule is CCCC1(C(=O)O)CCN(C(=O)NC2CCC(C)CC2)C1. The van der Waals surface area contributed by atoms with Crippen LogP contribution in [0.1, 0.15) is 58.8 Å². The number of amides is 2. The largest absolute Gasteiger partial charge is 0.481 e. The molecular weight excluding hydrogens is 268 g/mol. The normalized spacial score (nSPS) is 33.0. The molecule has 5 heteroatoms. The van der Waals surface area contributed by atoms with Crippen LogP contribution in [0.15, 0.2) is 0 Å². The van der Waals surface area contributed by atoms with Gasteiger partial charge in [-0.1, -0.05) is 20.3 Å². The molecule has 1 heterocycles. The van der Waals surface area contributed by atoms with Crippen LogP contribution in [0.5, 0.6) is 0 Å². The van der Waals surface area contributed by atoms with Crippen LogP contribution in [0.25, 0.3) is 0 Å². The van der Waals surface area contributed by atoms with Crippen molar-refractivity contribution >= 4 is 12.0 Å². The standard InChI is InChI=1S/C16H28N2O3/c1-3-8-16(14(19)20)9-10-18(11-16)15(21)17-13-6-4-12(2)5-7-13/h12-13H,3-11H2,1-2H3,(H,17,21)(H,19,20). The summed E-state index contributed by atoms with van der Waals surface area (Å²) in [4.78, 5) is 25.6. The number of aliphatic carboxylic acids is 1. The third-order valence-electron chi connectivity index (χ3n) is 5.17. The van der Waals surface area contributed by atoms with E-state index in [4.69, 9.17) is 0 Å². The smallest absolute Gasteiger partial charge is 0.317 e. The van der Waals surface area contributed by atoms with Gasteiger partial charge in [0.05, 0.1) is 5.41 Å². The Morgan fingerprint density at radius 2 is 1.95 bits per heavy atom. The highest BCUT2D eigenvalue weighted by atomic mass is 16.4. The number of likely N-dealkylation sites (tertiary alicyclic amines) is 1. The van der Waals surface area contributed by atoms with Crippen molar-refractivity contribution in [3.05, 3.63) is 0 Å². The fourth-order valence-corrected chi connectivity index (χ4v) is 3.68. The highest BCUT2D eigenvalue weighted by Crippen LogP contribution is 2.35. The molecule has 2 amide bonds. The summed E-state index contributed by atoms with van der Waals surface area (Å²) in [6.45, 7) is 5.16. The maximum Gasteiger partial charge on any atom is 0.317 e. The molecule has 0 aromatic heterocycles. The second kappa shape index (κ2) is 6.67. The Kier molecular flexibility index (Phi) is 5.12. The molecule has 1 aliphatic heterocycles. The number of carbonyl (C=O) groups excluding carboxylic acids is 1. The van der Waals surface area contributed by atoms with E-state index >= 15 is 0 Å². The molecule has 1 saturated heterocycles. The van der Waals surface area contributed by atoms with Gasteiger partial charge in [0.1, 0.15) is 0 Å². The highest BCUT2D eigenvalue weighted by molar-refractivity contribution is 5.79. The monoisotopic (exact) mass is 296 g/mol. The number of hydrogen-bond donors (Lipinski definition) is 2. The number of nitrogens with one attached hydrogen (secondary N) is 1. The second-order valence-electron chi connectivity index (χ2n) is 6.91. The molecule has 0 spiro atoms. The Bertz CT molecular complexity index is 391. The third-order valence-corrected chi connectivity index (χ3v) is 5.17. The Hall–Kier alpha value is -1.26. The van der Waals surface area contributed by atoms with Crippen molar-refractivity contribution < 1.29 is 14.7 Å². The molecule has 0 aromatic rings. The van der Waals surface area contributed by atoms with E-state index in [1.807, 2.05) is 6.92 Å². The van der Waals surface area contributed by atoms with Gasteiger partial charge in [-0.3, -0.25) is 4.79 Å². The predicted molar refractivity (Wildman–Crippen MR) is 81.1 cm³/mol. The summed E-state index contributed by atoms with van der Waals surface area (Å²) in [5.41, 5.74) is -0.729. The molecule has 2 rings (SSSR count). The first-order valence-electron chi connectivity index (χ1n) is 8.25. The van der Waals surface area contributed by atoms with E-state index in [9.17, 15) is 14.7 Å². The summed E-state index contributed by atoms with van der Waals surface area (Å²) in [6.07, 6.45) is 6.47. The Balaban J connectivity index is 1.88. The average molecular weight is 296 g/mol. The van der Waals surface area contributed by atoms with Crippen molar-refractivity contribution in [2.75, 3.05) is 13.1 Å². The van der Waals surface area contributed by atoms with E-state index in [-0.39, 0.29) is 12.1 Å². The van der Waals surface area contributed by atoms with Crippen LogP contribution in [0, 0.1) is 11.3 Å². The van der Waals surface area contributed by atoms with E-state index in [1.165, 1.54) is 12.8 Å². The lowest BCUT2D eigenvalue weighted by atomic mass is 9.83. The molecule has 1 saturated carbocycles. The van der Waals surface area contributed by atoms with Gasteiger partial charge in [-0.25, -0.2) is 4.79 Å². The van der Waals surface area contributed by atoms with E-state index in [0.29, 0.717) is 25.9 Å². The first-order valence-corrected chi connectivity index (χ1v) is 8.25. The molecule has 1 aliphatic carbocycles. The van der Waals surface area contributed by atoms with Gasteiger partial charge in [0.2, 0.25) is 0 Å². The highest BCUT2D eigenvalue weighted by Gasteiger charge is 2.45. The number of carboxylic acid groups (broad SMARTS) is 1. The molecule has 1 unspecified atom stereocenters. The molecule has 2 fully saturated rings. The first kappa shape index (κ1) is 16.1. The quantitative estimate of drug-likeness (QED) is 0.838. The van der Waals surface area contributed by atoms with Crippen LogP contribution in [-0.2, 0) is 4.79 Å². The van der Waals surface area contributed by atoms with Crippen molar-refractivity contribution in [3.63, 3.8) is 0 Å². The van der Waals surface area contributed by atoms with Gasteiger partial charge in [-0.15, -0.1) is 0 Å². The summed E-state index contributed by atoms with van der Waals surface area (Å²) in [6, 6.07) is 0.188. The van der Waals surface area contributed by atoms with Gasteiger partial charge in [0.25, 0.3) is 0 Å². The van der Waals surface area contributed by atoms with E-state index in [0.717, 1.165) is 25.2 Å². The van der Waals surface area contributed by atoms with Crippen molar-refractivity contribution in [1.29, 1.82) is 0 Å². The summed E-state index contributed by atoms with van der Waals surface area (Å²) in [5, 5.41) is 12.6. The molecule has 0 radical (unpaired) electrons. The number of urea groups is 1. The van der Waals surface area contributed by atoms with Gasteiger partial charge in [0, 0.05) is 19.1 Å². The number of nitrogens with zero attached hydrogens (tertiary/aromatic N) is 1. The van der Waals surface area contributed by atoms with Crippen molar-refractivity contribution in [3.8, 4) is 0 Å². The average Bonchev–Trinajstić information content (AvgIpc) is 2.88. The van der Waals surface area contributed by atoms with E-state index in [1.54, 1.807) is 4.90 Å². The van der Waals surface area contributed by atoms with Crippen molar-refractivity contribution in [2.24, 2.45) is 11.3 Å². The lowest BCUT2D eigenvalue weighted by Gasteiger charge is -2.29. The summed E-state index contributed by atoms with van der Waals surface area (Å²) in [5.74, 6) is 0.000272. The topological polar surface area (TPSA) is 69.6 Å². The lowest BCUT2D eigenvalue weighted by molar-refractivity contribution is -0.148. The molecular formula is C16H28N2O3. The number of hydrogen-bond acceptors (Lipinski definition) is 2. The van der Waals surface area contributed by atoms with Crippen molar-refractivity contribution in [2.45, 2.75) is 64.8 Å². The zero-order chi connectivity index (χ0) is 15.5. The second-order valence-corrected chi connectivity index (χ2v) is 6.91. The fourth-order valence-electron chi connectivity index (χ4n) is 3.68. The summed E-state index contributed by atoms with van der Waals surface area (Å²) in [7, 11) is 0. The van der Waals surface area contributed by atoms with Gasteiger partial charge >= 0.3 is 12.0 Å². The summed E-state index contributed by atoms with van der Waals surface area (Å²) < 4.78 is 0. The van der Waals surface area contributed by atoms with Gasteiger partial charge in [0.15, 0.2) is 0 Å². The van der Waals surface area contributed by atoms with Crippen LogP contribution >= 0.6 is 0 Å². The lowest BCUT2D eigenvalue weighted by Crippen LogP contribution is -2.46. The molecule has 2 aliphatic rings. The predicted octanol–water partition coefficient (Wildman–Crippen LogP) is 2.85. The Morgan fingerprint density at radius 3 is 2.52 bits per heavy atom. The first-order chi connectivity index (χ1) is 9.97. The molecule has 21 heavy (non-hydrogen) atoms. The number of rotatable bonds is 4. The maximum atomic E-state index is 12.3. The molecule has 5 nitrogen and oxygen atoms in total. The van der Waals surface area contributed by atoms with Gasteiger partial charge in [-0.2, -0.15) is 0 Å². The Morgan fingerprint density at radius 1 is 1.29 bits per heavy atom. The minimum atomic E-state index is -0.758. The molecule has 120 valence electrons. The van der Waals surface area contributed by atoms with Crippen molar-refractivity contribution in [1.82, 2.24) is 10.2 Å². The maximum absolute atomic E-state index is 12.3. The van der Waals surface area contributed by atoms with Gasteiger partial charge in [-0.05, 0) is 44.4 Å². The van der Waals surface area contributed by atoms with E-state index < -0.39 is 11.4 Å². The zero-order valence-corrected chi connectivity index (χ0v) is 13.2. The van der Waals surface area contributed by atoms with Crippen LogP contribution in [0.2, 0.25) is 0 Å². The number of carboxylic acids is 1. The van der Waals surface area contributed by atoms with Gasteiger partial charge < -0.3 is 15.3 Å². The third kappa shape index (κ3) is 3.69. The molecule has 1 atom stereocenters. The minimum Gasteiger partial charge on any atom is -0.481 e. The van der Waals surface area contributed by atoms with E-state index in [2.05, 4.69) is 12.2 Å². The minimum absolute atomic E-state index is 0.0752. The van der Waals surface area contributed by atoms with Crippen LogP contribution in [0.4, 0.5) is 4.79 Å². The molecule has 2 N–H and O–H groups in total. The Labute approximate surface area is 127 Å². The zero-order valence-electron chi connectivity index (χ0n) is 13.2. The molecule has 0 aromatic carbocycles. The van der Waals surface area contributed by atoms with Crippen LogP contribution < -0.4 is 5.32 Å².